The van der Waals surface area contributed by atoms with E-state index < -0.39 is 28.5 Å². The Kier molecular flexibility index (Phi) is 11.6. The van der Waals surface area contributed by atoms with E-state index in [-0.39, 0.29) is 23.8 Å². The number of nitrogens with zero attached hydrogens (tertiary/aromatic N) is 2. The number of aryl methyl sites for hydroxylation is 3. The molecule has 7 nitrogen and oxygen atoms in total. The van der Waals surface area contributed by atoms with Gasteiger partial charge < -0.3 is 10.2 Å². The first-order valence-electron chi connectivity index (χ1n) is 15.0. The minimum atomic E-state index is -4.16. The van der Waals surface area contributed by atoms with E-state index in [4.69, 9.17) is 0 Å². The summed E-state index contributed by atoms with van der Waals surface area (Å²) >= 11 is 3.52. The molecular weight excluding hydrogens is 650 g/mol. The van der Waals surface area contributed by atoms with Crippen LogP contribution in [0.3, 0.4) is 0 Å². The molecule has 45 heavy (non-hydrogen) atoms. The van der Waals surface area contributed by atoms with Gasteiger partial charge in [0.1, 0.15) is 12.6 Å². The van der Waals surface area contributed by atoms with Crippen LogP contribution >= 0.6 is 15.9 Å². The Labute approximate surface area is 275 Å². The smallest absolute Gasteiger partial charge is 0.264 e. The van der Waals surface area contributed by atoms with Crippen molar-refractivity contribution in [3.8, 4) is 0 Å². The predicted molar refractivity (Wildman–Crippen MR) is 184 cm³/mol. The molecule has 0 aromatic heterocycles. The summed E-state index contributed by atoms with van der Waals surface area (Å²) in [6.45, 7) is 7.65. The van der Waals surface area contributed by atoms with Crippen LogP contribution in [0, 0.1) is 20.8 Å². The second-order valence-electron chi connectivity index (χ2n) is 11.3. The summed E-state index contributed by atoms with van der Waals surface area (Å²) in [5.41, 5.74) is 4.61. The molecule has 4 aromatic rings. The summed E-state index contributed by atoms with van der Waals surface area (Å²) in [6, 6.07) is 28.3. The highest BCUT2D eigenvalue weighted by molar-refractivity contribution is 9.10. The fourth-order valence-corrected chi connectivity index (χ4v) is 7.01. The van der Waals surface area contributed by atoms with Crippen LogP contribution < -0.4 is 9.62 Å². The first-order valence-corrected chi connectivity index (χ1v) is 17.2. The van der Waals surface area contributed by atoms with E-state index in [2.05, 4.69) is 21.2 Å². The molecule has 9 heteroatoms. The maximum atomic E-state index is 14.6. The summed E-state index contributed by atoms with van der Waals surface area (Å²) in [7, 11) is -4.16. The van der Waals surface area contributed by atoms with Crippen molar-refractivity contribution in [3.05, 3.63) is 129 Å². The molecule has 4 aromatic carbocycles. The van der Waals surface area contributed by atoms with E-state index in [1.807, 2.05) is 94.4 Å². The molecule has 0 radical (unpaired) electrons. The van der Waals surface area contributed by atoms with Crippen molar-refractivity contribution >= 4 is 43.5 Å². The lowest BCUT2D eigenvalue weighted by atomic mass is 10.0. The van der Waals surface area contributed by atoms with E-state index in [1.54, 1.807) is 30.3 Å². The standard InChI is InChI=1S/C36H40BrN3O4S/c1-5-20-38-36(42)34(23-29-10-7-6-8-11-29)39(24-30-12-9-13-31(37)22-30)35(41)25-40(33-21-27(3)14-17-28(33)4)45(43,44)32-18-15-26(2)16-19-32/h6-19,21-22,34H,5,20,23-25H2,1-4H3,(H,38,42). The highest BCUT2D eigenvalue weighted by Gasteiger charge is 2.35. The second kappa shape index (κ2) is 15.4. The number of sulfonamides is 1. The zero-order valence-electron chi connectivity index (χ0n) is 26.2. The molecule has 0 bridgehead atoms. The van der Waals surface area contributed by atoms with Crippen molar-refractivity contribution in [2.24, 2.45) is 0 Å². The van der Waals surface area contributed by atoms with E-state index in [0.717, 1.165) is 33.1 Å². The van der Waals surface area contributed by atoms with Gasteiger partial charge in [-0.3, -0.25) is 13.9 Å². The van der Waals surface area contributed by atoms with Crippen molar-refractivity contribution in [2.45, 2.75) is 58.0 Å². The van der Waals surface area contributed by atoms with Gasteiger partial charge in [-0.15, -0.1) is 0 Å². The third kappa shape index (κ3) is 8.83. The fourth-order valence-electron chi connectivity index (χ4n) is 5.09. The number of hydrogen-bond acceptors (Lipinski definition) is 4. The van der Waals surface area contributed by atoms with Crippen molar-refractivity contribution < 1.29 is 18.0 Å². The molecule has 0 saturated carbocycles. The summed E-state index contributed by atoms with van der Waals surface area (Å²) in [6.07, 6.45) is 1.00. The van der Waals surface area contributed by atoms with Gasteiger partial charge in [0.15, 0.2) is 0 Å². The zero-order chi connectivity index (χ0) is 32.6. The van der Waals surface area contributed by atoms with Crippen LogP contribution in [0.15, 0.2) is 106 Å². The van der Waals surface area contributed by atoms with Crippen LogP contribution in [0.2, 0.25) is 0 Å². The summed E-state index contributed by atoms with van der Waals surface area (Å²) < 4.78 is 30.6. The van der Waals surface area contributed by atoms with Gasteiger partial charge >= 0.3 is 0 Å². The monoisotopic (exact) mass is 689 g/mol. The van der Waals surface area contributed by atoms with Crippen LogP contribution in [0.25, 0.3) is 0 Å². The van der Waals surface area contributed by atoms with Crippen molar-refractivity contribution in [1.29, 1.82) is 0 Å². The fraction of sp³-hybridized carbons (Fsp3) is 0.278. The van der Waals surface area contributed by atoms with E-state index in [0.29, 0.717) is 17.8 Å². The van der Waals surface area contributed by atoms with Crippen LogP contribution in [0.5, 0.6) is 0 Å². The number of hydrogen-bond donors (Lipinski definition) is 1. The van der Waals surface area contributed by atoms with Crippen molar-refractivity contribution in [3.63, 3.8) is 0 Å². The molecule has 0 spiro atoms. The SMILES string of the molecule is CCCNC(=O)C(Cc1ccccc1)N(Cc1cccc(Br)c1)C(=O)CN(c1cc(C)ccc1C)S(=O)(=O)c1ccc(C)cc1. The van der Waals surface area contributed by atoms with Gasteiger partial charge in [-0.2, -0.15) is 0 Å². The highest BCUT2D eigenvalue weighted by atomic mass is 79.9. The van der Waals surface area contributed by atoms with Gasteiger partial charge in [-0.1, -0.05) is 95.1 Å². The van der Waals surface area contributed by atoms with E-state index in [1.165, 1.54) is 9.21 Å². The first-order chi connectivity index (χ1) is 21.5. The molecule has 1 unspecified atom stereocenters. The maximum Gasteiger partial charge on any atom is 0.264 e. The lowest BCUT2D eigenvalue weighted by Gasteiger charge is -2.34. The third-order valence-electron chi connectivity index (χ3n) is 7.58. The van der Waals surface area contributed by atoms with Crippen LogP contribution in [0.1, 0.15) is 41.2 Å². The number of anilines is 1. The summed E-state index contributed by atoms with van der Waals surface area (Å²) in [4.78, 5) is 30.0. The molecular formula is C36H40BrN3O4S. The maximum absolute atomic E-state index is 14.6. The van der Waals surface area contributed by atoms with E-state index >= 15 is 0 Å². The van der Waals surface area contributed by atoms with Crippen molar-refractivity contribution in [1.82, 2.24) is 10.2 Å². The molecule has 1 N–H and O–H groups in total. The number of amides is 2. The number of halogens is 1. The largest absolute Gasteiger partial charge is 0.354 e. The van der Waals surface area contributed by atoms with Gasteiger partial charge in [0.25, 0.3) is 10.0 Å². The predicted octanol–water partition coefficient (Wildman–Crippen LogP) is 6.74. The van der Waals surface area contributed by atoms with Gasteiger partial charge in [-0.25, -0.2) is 8.42 Å². The number of rotatable bonds is 13. The Morgan fingerprint density at radius 1 is 0.822 bits per heavy atom. The molecule has 0 heterocycles. The van der Waals surface area contributed by atoms with Gasteiger partial charge in [0.2, 0.25) is 11.8 Å². The molecule has 0 aliphatic rings. The first kappa shape index (κ1) is 33.9. The molecule has 4 rings (SSSR count). The van der Waals surface area contributed by atoms with E-state index in [9.17, 15) is 18.0 Å². The average molecular weight is 691 g/mol. The normalized spacial score (nSPS) is 11.9. The molecule has 236 valence electrons. The molecule has 0 fully saturated rings. The average Bonchev–Trinajstić information content (AvgIpc) is 3.02. The zero-order valence-corrected chi connectivity index (χ0v) is 28.6. The number of carbonyl (C=O) groups excluding carboxylic acids is 2. The Hall–Kier alpha value is -3.95. The van der Waals surface area contributed by atoms with Crippen LogP contribution in [0.4, 0.5) is 5.69 Å². The number of benzene rings is 4. The Balaban J connectivity index is 1.83. The summed E-state index contributed by atoms with van der Waals surface area (Å²) in [5.74, 6) is -0.775. The van der Waals surface area contributed by atoms with Crippen LogP contribution in [-0.2, 0) is 32.6 Å². The molecule has 0 saturated heterocycles. The highest BCUT2D eigenvalue weighted by Crippen LogP contribution is 2.29. The summed E-state index contributed by atoms with van der Waals surface area (Å²) in [5, 5.41) is 2.97. The minimum Gasteiger partial charge on any atom is -0.354 e. The Bertz CT molecular complexity index is 1730. The lowest BCUT2D eigenvalue weighted by Crippen LogP contribution is -2.53. The Morgan fingerprint density at radius 3 is 2.16 bits per heavy atom. The third-order valence-corrected chi connectivity index (χ3v) is 9.85. The van der Waals surface area contributed by atoms with Gasteiger partial charge in [0.05, 0.1) is 10.6 Å². The topological polar surface area (TPSA) is 86.8 Å². The second-order valence-corrected chi connectivity index (χ2v) is 14.0. The minimum absolute atomic E-state index is 0.0851. The Morgan fingerprint density at radius 2 is 1.49 bits per heavy atom. The van der Waals surface area contributed by atoms with Gasteiger partial charge in [0, 0.05) is 24.0 Å². The van der Waals surface area contributed by atoms with Gasteiger partial charge in [-0.05, 0) is 79.8 Å². The molecule has 0 aliphatic heterocycles. The molecule has 2 amide bonds. The molecule has 1 atom stereocenters. The van der Waals surface area contributed by atoms with Crippen molar-refractivity contribution in [2.75, 3.05) is 17.4 Å². The number of carbonyl (C=O) groups is 2. The number of nitrogens with one attached hydrogen (secondary N) is 1. The lowest BCUT2D eigenvalue weighted by molar-refractivity contribution is -0.140. The molecule has 0 aliphatic carbocycles. The van der Waals surface area contributed by atoms with Crippen LogP contribution in [-0.4, -0.2) is 44.3 Å². The quantitative estimate of drug-likeness (QED) is 0.169.